The van der Waals surface area contributed by atoms with Crippen molar-refractivity contribution in [2.75, 3.05) is 5.32 Å². The summed E-state index contributed by atoms with van der Waals surface area (Å²) in [5, 5.41) is 3.84. The third-order valence-electron chi connectivity index (χ3n) is 4.54. The number of ketones is 2. The van der Waals surface area contributed by atoms with Gasteiger partial charge in [0.25, 0.3) is 11.5 Å². The quantitative estimate of drug-likeness (QED) is 0.622. The van der Waals surface area contributed by atoms with Crippen LogP contribution in [0.25, 0.3) is 5.70 Å². The van der Waals surface area contributed by atoms with E-state index in [0.717, 1.165) is 5.56 Å². The van der Waals surface area contributed by atoms with Gasteiger partial charge in [0.15, 0.2) is 18.1 Å². The van der Waals surface area contributed by atoms with E-state index in [1.165, 1.54) is 0 Å². The number of hydrogen-bond acceptors (Lipinski definition) is 3. The fraction of sp³-hybridized carbons (Fsp3) is 0.0455. The first-order valence-corrected chi connectivity index (χ1v) is 9.34. The van der Waals surface area contributed by atoms with Gasteiger partial charge in [-0.2, -0.15) is 4.57 Å². The minimum absolute atomic E-state index is 0.191. The molecule has 1 heterocycles. The Hall–Kier alpha value is -2.95. The van der Waals surface area contributed by atoms with Crippen LogP contribution in [-0.2, 0) is 0 Å². The number of carbonyl (C=O) groups is 2. The van der Waals surface area contributed by atoms with Crippen LogP contribution >= 0.6 is 23.2 Å². The molecule has 138 valence electrons. The van der Waals surface area contributed by atoms with Gasteiger partial charge >= 0.3 is 0 Å². The Kier molecular flexibility index (Phi) is 4.75. The van der Waals surface area contributed by atoms with Crippen molar-refractivity contribution < 1.29 is 14.2 Å². The van der Waals surface area contributed by atoms with E-state index in [2.05, 4.69) is 5.32 Å². The van der Waals surface area contributed by atoms with E-state index in [9.17, 15) is 9.59 Å². The van der Waals surface area contributed by atoms with Crippen molar-refractivity contribution in [3.8, 4) is 0 Å². The number of allylic oxidation sites excluding steroid dienone is 2. The first-order chi connectivity index (χ1) is 13.5. The first kappa shape index (κ1) is 18.4. The number of pyridine rings is 1. The minimum Gasteiger partial charge on any atom is -0.347 e. The van der Waals surface area contributed by atoms with Gasteiger partial charge in [-0.25, -0.2) is 0 Å². The van der Waals surface area contributed by atoms with Crippen LogP contribution in [0, 0.1) is 6.92 Å². The first-order valence-electron chi connectivity index (χ1n) is 8.59. The molecule has 1 N–H and O–H groups in total. The molecular formula is C22H15Cl2N2O2+. The molecule has 0 fully saturated rings. The summed E-state index contributed by atoms with van der Waals surface area (Å²) in [4.78, 5) is 26.5. The lowest BCUT2D eigenvalue weighted by molar-refractivity contribution is -0.577. The Morgan fingerprint density at radius 3 is 2.11 bits per heavy atom. The molecule has 28 heavy (non-hydrogen) atoms. The molecule has 3 aromatic rings. The molecule has 0 saturated carbocycles. The van der Waals surface area contributed by atoms with Crippen molar-refractivity contribution in [1.29, 1.82) is 0 Å². The SMILES string of the molecule is Cc1cc[n+](C2=C(Nc3ccc(Cl)c(Cl)c3)C(=O)c3ccccc3C2=O)cc1. The van der Waals surface area contributed by atoms with Crippen LogP contribution in [0.4, 0.5) is 5.69 Å². The predicted molar refractivity (Wildman–Crippen MR) is 110 cm³/mol. The third-order valence-corrected chi connectivity index (χ3v) is 5.28. The molecule has 0 aliphatic heterocycles. The second-order valence-electron chi connectivity index (χ2n) is 6.46. The molecule has 1 aliphatic rings. The number of anilines is 1. The van der Waals surface area contributed by atoms with Crippen molar-refractivity contribution in [3.63, 3.8) is 0 Å². The van der Waals surface area contributed by atoms with Gasteiger partial charge in [-0.05, 0) is 30.7 Å². The highest BCUT2D eigenvalue weighted by Gasteiger charge is 2.38. The number of halogens is 2. The number of benzene rings is 2. The van der Waals surface area contributed by atoms with Crippen LogP contribution < -0.4 is 9.88 Å². The summed E-state index contributed by atoms with van der Waals surface area (Å²) in [7, 11) is 0. The van der Waals surface area contributed by atoms with Gasteiger partial charge in [0.1, 0.15) is 0 Å². The number of hydrogen-bond donors (Lipinski definition) is 1. The summed E-state index contributed by atoms with van der Waals surface area (Å²) < 4.78 is 1.66. The number of rotatable bonds is 3. The van der Waals surface area contributed by atoms with Crippen LogP contribution in [0.5, 0.6) is 0 Å². The summed E-state index contributed by atoms with van der Waals surface area (Å²) in [6.07, 6.45) is 3.53. The number of nitrogens with one attached hydrogen (secondary N) is 1. The zero-order chi connectivity index (χ0) is 19.8. The zero-order valence-corrected chi connectivity index (χ0v) is 16.4. The van der Waals surface area contributed by atoms with E-state index in [0.29, 0.717) is 26.9 Å². The van der Waals surface area contributed by atoms with Gasteiger partial charge in [-0.1, -0.05) is 47.5 Å². The van der Waals surface area contributed by atoms with Crippen LogP contribution in [0.1, 0.15) is 26.3 Å². The maximum absolute atomic E-state index is 13.3. The molecule has 0 radical (unpaired) electrons. The predicted octanol–water partition coefficient (Wildman–Crippen LogP) is 4.95. The normalized spacial score (nSPS) is 13.5. The highest BCUT2D eigenvalue weighted by molar-refractivity contribution is 6.42. The second kappa shape index (κ2) is 7.23. The molecule has 2 aromatic carbocycles. The summed E-state index contributed by atoms with van der Waals surface area (Å²) in [5.41, 5.74) is 2.81. The fourth-order valence-electron chi connectivity index (χ4n) is 3.09. The zero-order valence-electron chi connectivity index (χ0n) is 14.9. The number of nitrogens with zero attached hydrogens (tertiary/aromatic N) is 1. The van der Waals surface area contributed by atoms with Crippen LogP contribution in [0.3, 0.4) is 0 Å². The Morgan fingerprint density at radius 1 is 0.821 bits per heavy atom. The highest BCUT2D eigenvalue weighted by atomic mass is 35.5. The average Bonchev–Trinajstić information content (AvgIpc) is 2.70. The lowest BCUT2D eigenvalue weighted by Gasteiger charge is -2.18. The number of aryl methyl sites for hydroxylation is 1. The average molecular weight is 410 g/mol. The summed E-state index contributed by atoms with van der Waals surface area (Å²) in [5.74, 6) is -0.490. The van der Waals surface area contributed by atoms with Crippen LogP contribution in [-0.4, -0.2) is 11.6 Å². The van der Waals surface area contributed by atoms with E-state index < -0.39 is 0 Å². The van der Waals surface area contributed by atoms with E-state index in [1.54, 1.807) is 59.4 Å². The fourth-order valence-corrected chi connectivity index (χ4v) is 3.39. The van der Waals surface area contributed by atoms with E-state index >= 15 is 0 Å². The molecule has 0 saturated heterocycles. The largest absolute Gasteiger partial charge is 0.347 e. The molecule has 1 aromatic heterocycles. The molecule has 4 rings (SSSR count). The molecule has 1 aliphatic carbocycles. The van der Waals surface area contributed by atoms with Gasteiger partial charge < -0.3 is 5.32 Å². The lowest BCUT2D eigenvalue weighted by Crippen LogP contribution is -2.42. The second-order valence-corrected chi connectivity index (χ2v) is 7.28. The number of carbonyl (C=O) groups excluding carboxylic acids is 2. The van der Waals surface area contributed by atoms with E-state index in [1.807, 2.05) is 19.1 Å². The lowest BCUT2D eigenvalue weighted by atomic mass is 9.90. The van der Waals surface area contributed by atoms with Crippen LogP contribution in [0.15, 0.2) is 72.7 Å². The van der Waals surface area contributed by atoms with Crippen LogP contribution in [0.2, 0.25) is 10.0 Å². The minimum atomic E-state index is -0.260. The smallest absolute Gasteiger partial charge is 0.286 e. The van der Waals surface area contributed by atoms with Gasteiger partial charge in [0, 0.05) is 28.9 Å². The molecule has 0 bridgehead atoms. The van der Waals surface area contributed by atoms with E-state index in [4.69, 9.17) is 23.2 Å². The summed E-state index contributed by atoms with van der Waals surface area (Å²) in [6.45, 7) is 1.96. The Morgan fingerprint density at radius 2 is 1.46 bits per heavy atom. The maximum atomic E-state index is 13.3. The molecule has 0 atom stereocenters. The summed E-state index contributed by atoms with van der Waals surface area (Å²) >= 11 is 12.1. The van der Waals surface area contributed by atoms with Crippen molar-refractivity contribution >= 4 is 46.2 Å². The Labute approximate surface area is 172 Å². The molecule has 4 nitrogen and oxygen atoms in total. The van der Waals surface area contributed by atoms with E-state index in [-0.39, 0.29) is 23.0 Å². The van der Waals surface area contributed by atoms with Crippen molar-refractivity contribution in [2.24, 2.45) is 0 Å². The monoisotopic (exact) mass is 409 g/mol. The number of fused-ring (bicyclic) bond motifs is 1. The van der Waals surface area contributed by atoms with Gasteiger partial charge in [0.05, 0.1) is 10.0 Å². The summed E-state index contributed by atoms with van der Waals surface area (Å²) in [6, 6.07) is 15.5. The molecule has 0 unspecified atom stereocenters. The Balaban J connectivity index is 1.90. The highest BCUT2D eigenvalue weighted by Crippen LogP contribution is 2.30. The number of aromatic nitrogens is 1. The molecule has 6 heteroatoms. The van der Waals surface area contributed by atoms with Gasteiger partial charge in [-0.15, -0.1) is 0 Å². The molecular weight excluding hydrogens is 395 g/mol. The maximum Gasteiger partial charge on any atom is 0.286 e. The number of Topliss-reactive ketones (excluding diaryl/α,β-unsaturated/α-hetero) is 2. The third kappa shape index (κ3) is 3.21. The Bertz CT molecular complexity index is 1150. The molecule has 0 spiro atoms. The van der Waals surface area contributed by atoms with Gasteiger partial charge in [-0.3, -0.25) is 9.59 Å². The van der Waals surface area contributed by atoms with Crippen molar-refractivity contribution in [2.45, 2.75) is 6.92 Å². The molecule has 0 amide bonds. The topological polar surface area (TPSA) is 50.1 Å². The standard InChI is InChI=1S/C22H14Cl2N2O2/c1-13-8-10-26(11-9-13)20-19(25-14-6-7-17(23)18(24)12-14)21(27)15-4-2-3-5-16(15)22(20)28/h2-12H,1H3/p+1. The van der Waals surface area contributed by atoms with Gasteiger partial charge in [0.2, 0.25) is 5.78 Å². The van der Waals surface area contributed by atoms with Crippen molar-refractivity contribution in [3.05, 3.63) is 99.4 Å². The van der Waals surface area contributed by atoms with Crippen molar-refractivity contribution in [1.82, 2.24) is 0 Å².